The normalized spacial score (nSPS) is 36.5. The Morgan fingerprint density at radius 3 is 2.30 bits per heavy atom. The molecule has 1 nitrogen and oxygen atoms in total. The molecule has 0 radical (unpaired) electrons. The molecule has 0 aromatic heterocycles. The summed E-state index contributed by atoms with van der Waals surface area (Å²) in [5.74, 6) is 0.468. The van der Waals surface area contributed by atoms with E-state index in [1.807, 2.05) is 0 Å². The van der Waals surface area contributed by atoms with Crippen LogP contribution in [0.2, 0.25) is 0 Å². The molecule has 0 spiro atoms. The third-order valence-electron chi connectivity index (χ3n) is 2.92. The standard InChI is InChI=1S/C9H14O/c1-7-6-8(7)9(10)4-2-3-5-9/h8,10H,1-6H2. The van der Waals surface area contributed by atoms with E-state index in [0.717, 1.165) is 19.3 Å². The van der Waals surface area contributed by atoms with E-state index < -0.39 is 0 Å². The molecule has 2 fully saturated rings. The van der Waals surface area contributed by atoms with E-state index in [1.54, 1.807) is 0 Å². The first-order chi connectivity index (χ1) is 4.72. The van der Waals surface area contributed by atoms with E-state index in [4.69, 9.17) is 0 Å². The Labute approximate surface area is 61.8 Å². The molecule has 1 unspecified atom stereocenters. The van der Waals surface area contributed by atoms with E-state index in [-0.39, 0.29) is 5.60 Å². The summed E-state index contributed by atoms with van der Waals surface area (Å²) in [6.07, 6.45) is 5.52. The molecule has 0 heterocycles. The lowest BCUT2D eigenvalue weighted by atomic mass is 9.96. The molecule has 2 rings (SSSR count). The summed E-state index contributed by atoms with van der Waals surface area (Å²) in [6, 6.07) is 0. The lowest BCUT2D eigenvalue weighted by molar-refractivity contribution is 0.0292. The van der Waals surface area contributed by atoms with Gasteiger partial charge in [-0.1, -0.05) is 25.0 Å². The first kappa shape index (κ1) is 6.41. The molecule has 1 heteroatoms. The molecule has 2 aliphatic carbocycles. The van der Waals surface area contributed by atoms with Gasteiger partial charge >= 0.3 is 0 Å². The van der Waals surface area contributed by atoms with E-state index >= 15 is 0 Å². The molecule has 0 amide bonds. The van der Waals surface area contributed by atoms with Crippen molar-refractivity contribution in [1.82, 2.24) is 0 Å². The summed E-state index contributed by atoms with van der Waals surface area (Å²) >= 11 is 0. The quantitative estimate of drug-likeness (QED) is 0.548. The van der Waals surface area contributed by atoms with Crippen LogP contribution in [0.5, 0.6) is 0 Å². The van der Waals surface area contributed by atoms with Gasteiger partial charge in [-0.2, -0.15) is 0 Å². The van der Waals surface area contributed by atoms with Crippen LogP contribution in [0.25, 0.3) is 0 Å². The summed E-state index contributed by atoms with van der Waals surface area (Å²) < 4.78 is 0. The lowest BCUT2D eigenvalue weighted by Crippen LogP contribution is -2.26. The smallest absolute Gasteiger partial charge is 0.0715 e. The minimum atomic E-state index is -0.322. The van der Waals surface area contributed by atoms with Crippen LogP contribution in [0.4, 0.5) is 0 Å². The Kier molecular flexibility index (Phi) is 1.19. The zero-order chi connectivity index (χ0) is 7.19. The lowest BCUT2D eigenvalue weighted by Gasteiger charge is -2.20. The van der Waals surface area contributed by atoms with Gasteiger partial charge < -0.3 is 5.11 Å². The minimum absolute atomic E-state index is 0.322. The van der Waals surface area contributed by atoms with Crippen molar-refractivity contribution in [2.75, 3.05) is 0 Å². The van der Waals surface area contributed by atoms with Crippen molar-refractivity contribution in [2.45, 2.75) is 37.7 Å². The molecule has 1 atom stereocenters. The summed E-state index contributed by atoms with van der Waals surface area (Å²) in [4.78, 5) is 0. The van der Waals surface area contributed by atoms with Gasteiger partial charge in [-0.15, -0.1) is 0 Å². The summed E-state index contributed by atoms with van der Waals surface area (Å²) in [7, 11) is 0. The van der Waals surface area contributed by atoms with Gasteiger partial charge in [0.1, 0.15) is 0 Å². The topological polar surface area (TPSA) is 20.2 Å². The second-order valence-corrected chi connectivity index (χ2v) is 3.73. The fourth-order valence-electron chi connectivity index (χ4n) is 2.11. The minimum Gasteiger partial charge on any atom is -0.389 e. The fourth-order valence-corrected chi connectivity index (χ4v) is 2.11. The van der Waals surface area contributed by atoms with Gasteiger partial charge in [-0.3, -0.25) is 0 Å². The van der Waals surface area contributed by atoms with E-state index in [0.29, 0.717) is 5.92 Å². The largest absolute Gasteiger partial charge is 0.389 e. The van der Waals surface area contributed by atoms with Crippen molar-refractivity contribution in [3.63, 3.8) is 0 Å². The van der Waals surface area contributed by atoms with Crippen molar-refractivity contribution in [3.05, 3.63) is 12.2 Å². The van der Waals surface area contributed by atoms with Crippen molar-refractivity contribution >= 4 is 0 Å². The maximum absolute atomic E-state index is 9.94. The zero-order valence-corrected chi connectivity index (χ0v) is 6.27. The van der Waals surface area contributed by atoms with Crippen LogP contribution >= 0.6 is 0 Å². The Hall–Kier alpha value is -0.300. The van der Waals surface area contributed by atoms with E-state index in [9.17, 15) is 5.11 Å². The third kappa shape index (κ3) is 0.807. The van der Waals surface area contributed by atoms with E-state index in [1.165, 1.54) is 18.4 Å². The Bertz CT molecular complexity index is 166. The molecule has 10 heavy (non-hydrogen) atoms. The highest BCUT2D eigenvalue weighted by molar-refractivity contribution is 5.25. The number of hydrogen-bond acceptors (Lipinski definition) is 1. The first-order valence-corrected chi connectivity index (χ1v) is 4.12. The van der Waals surface area contributed by atoms with Gasteiger partial charge in [-0.25, -0.2) is 0 Å². The summed E-state index contributed by atoms with van der Waals surface area (Å²) in [6.45, 7) is 3.88. The maximum atomic E-state index is 9.94. The number of aliphatic hydroxyl groups is 1. The van der Waals surface area contributed by atoms with Crippen LogP contribution in [-0.2, 0) is 0 Å². The summed E-state index contributed by atoms with van der Waals surface area (Å²) in [5.41, 5.74) is 0.946. The predicted octanol–water partition coefficient (Wildman–Crippen LogP) is 1.87. The molecule has 2 saturated carbocycles. The molecule has 0 aromatic carbocycles. The van der Waals surface area contributed by atoms with Crippen molar-refractivity contribution in [2.24, 2.45) is 5.92 Å². The van der Waals surface area contributed by atoms with Gasteiger partial charge in [0.15, 0.2) is 0 Å². The molecule has 0 bridgehead atoms. The predicted molar refractivity (Wildman–Crippen MR) is 40.7 cm³/mol. The molecule has 1 N–H and O–H groups in total. The Morgan fingerprint density at radius 1 is 1.40 bits per heavy atom. The van der Waals surface area contributed by atoms with Gasteiger partial charge in [0, 0.05) is 5.92 Å². The van der Waals surface area contributed by atoms with Crippen LogP contribution in [0.1, 0.15) is 32.1 Å². The average molecular weight is 138 g/mol. The number of rotatable bonds is 1. The molecule has 0 aromatic rings. The first-order valence-electron chi connectivity index (χ1n) is 4.12. The van der Waals surface area contributed by atoms with Gasteiger partial charge in [0.25, 0.3) is 0 Å². The zero-order valence-electron chi connectivity index (χ0n) is 6.27. The third-order valence-corrected chi connectivity index (χ3v) is 2.92. The van der Waals surface area contributed by atoms with Gasteiger partial charge in [0.2, 0.25) is 0 Å². The molecule has 2 aliphatic rings. The van der Waals surface area contributed by atoms with Crippen LogP contribution in [0, 0.1) is 5.92 Å². The van der Waals surface area contributed by atoms with Crippen molar-refractivity contribution < 1.29 is 5.11 Å². The fraction of sp³-hybridized carbons (Fsp3) is 0.778. The Morgan fingerprint density at radius 2 is 1.90 bits per heavy atom. The molecule has 0 aliphatic heterocycles. The molecule has 0 saturated heterocycles. The van der Waals surface area contributed by atoms with Crippen LogP contribution in [-0.4, -0.2) is 10.7 Å². The van der Waals surface area contributed by atoms with Crippen molar-refractivity contribution in [3.8, 4) is 0 Å². The second-order valence-electron chi connectivity index (χ2n) is 3.73. The highest BCUT2D eigenvalue weighted by atomic mass is 16.3. The summed E-state index contributed by atoms with van der Waals surface area (Å²) in [5, 5.41) is 9.94. The monoisotopic (exact) mass is 138 g/mol. The molecular formula is C9H14O. The maximum Gasteiger partial charge on any atom is 0.0715 e. The van der Waals surface area contributed by atoms with Gasteiger partial charge in [0.05, 0.1) is 5.60 Å². The van der Waals surface area contributed by atoms with Crippen LogP contribution in [0.3, 0.4) is 0 Å². The SMILES string of the molecule is C=C1CC1C1(O)CCCC1. The highest BCUT2D eigenvalue weighted by Gasteiger charge is 2.47. The van der Waals surface area contributed by atoms with Crippen molar-refractivity contribution in [1.29, 1.82) is 0 Å². The molecule has 56 valence electrons. The van der Waals surface area contributed by atoms with Crippen LogP contribution < -0.4 is 0 Å². The second kappa shape index (κ2) is 1.85. The number of hydrogen-bond donors (Lipinski definition) is 1. The molecular weight excluding hydrogens is 124 g/mol. The Balaban J connectivity index is 2.07. The highest BCUT2D eigenvalue weighted by Crippen LogP contribution is 2.51. The van der Waals surface area contributed by atoms with E-state index in [2.05, 4.69) is 6.58 Å². The van der Waals surface area contributed by atoms with Gasteiger partial charge in [-0.05, 0) is 19.3 Å². The van der Waals surface area contributed by atoms with Crippen LogP contribution in [0.15, 0.2) is 12.2 Å². The average Bonchev–Trinajstić information content (AvgIpc) is 2.44.